The second-order valence-corrected chi connectivity index (χ2v) is 19.4. The van der Waals surface area contributed by atoms with E-state index in [0.717, 1.165) is 133 Å². The smallest absolute Gasteiger partial charge is 0.164 e. The molecule has 11 aromatic carbocycles. The molecule has 354 valence electrons. The molecular formula is C69H40N4O3. The van der Waals surface area contributed by atoms with Gasteiger partial charge in [0.25, 0.3) is 0 Å². The van der Waals surface area contributed by atoms with Crippen LogP contribution in [0.5, 0.6) is 0 Å². The fourth-order valence-corrected chi connectivity index (χ4v) is 11.6. The molecule has 0 aliphatic heterocycles. The van der Waals surface area contributed by atoms with Gasteiger partial charge in [0.05, 0.1) is 11.0 Å². The topological polar surface area (TPSA) is 83.0 Å². The van der Waals surface area contributed by atoms with E-state index in [1.54, 1.807) is 0 Å². The van der Waals surface area contributed by atoms with Crippen molar-refractivity contribution >= 4 is 87.6 Å². The first kappa shape index (κ1) is 42.2. The quantitative estimate of drug-likeness (QED) is 0.158. The van der Waals surface area contributed by atoms with Crippen molar-refractivity contribution in [3.8, 4) is 73.2 Å². The van der Waals surface area contributed by atoms with Gasteiger partial charge in [0, 0.05) is 71.0 Å². The Morgan fingerprint density at radius 1 is 0.263 bits per heavy atom. The largest absolute Gasteiger partial charge is 0.456 e. The molecule has 16 aromatic rings. The van der Waals surface area contributed by atoms with Crippen LogP contribution in [-0.4, -0.2) is 19.5 Å². The lowest BCUT2D eigenvalue weighted by Gasteiger charge is -2.11. The van der Waals surface area contributed by atoms with Crippen LogP contribution in [0.4, 0.5) is 0 Å². The standard InChI is InChI=1S/C69H40N4O3/c1-3-15-41(16-4-1)54-39-46(40-63-64(54)52-21-9-12-27-60(52)75-63)68-70-67(43-17-5-2-6-18-43)71-69(72-68)53-24-14-28-62-65(53)56-38-45(32-36-61(56)74-62)44-31-35-58-55(37-44)49-19-7-10-25-57(49)73(58)47-33-29-42(30-34-47)48-22-13-23-51-50-20-8-11-26-59(50)76-66(48)51/h1-40H. The Morgan fingerprint density at radius 2 is 0.803 bits per heavy atom. The highest BCUT2D eigenvalue weighted by molar-refractivity contribution is 6.16. The average molecular weight is 973 g/mol. The molecule has 16 rings (SSSR count). The summed E-state index contributed by atoms with van der Waals surface area (Å²) in [5.41, 5.74) is 17.3. The maximum atomic E-state index is 6.64. The predicted octanol–water partition coefficient (Wildman–Crippen LogP) is 18.7. The maximum Gasteiger partial charge on any atom is 0.164 e. The van der Waals surface area contributed by atoms with Crippen LogP contribution in [0.1, 0.15) is 0 Å². The molecule has 7 nitrogen and oxygen atoms in total. The van der Waals surface area contributed by atoms with E-state index in [0.29, 0.717) is 17.5 Å². The van der Waals surface area contributed by atoms with Gasteiger partial charge >= 0.3 is 0 Å². The van der Waals surface area contributed by atoms with Crippen molar-refractivity contribution in [2.24, 2.45) is 0 Å². The molecular weight excluding hydrogens is 933 g/mol. The van der Waals surface area contributed by atoms with Crippen LogP contribution < -0.4 is 0 Å². The lowest BCUT2D eigenvalue weighted by Crippen LogP contribution is -2.00. The van der Waals surface area contributed by atoms with Crippen molar-refractivity contribution in [3.63, 3.8) is 0 Å². The van der Waals surface area contributed by atoms with Gasteiger partial charge in [-0.15, -0.1) is 0 Å². The number of hydrogen-bond acceptors (Lipinski definition) is 6. The third-order valence-corrected chi connectivity index (χ3v) is 15.1. The van der Waals surface area contributed by atoms with Crippen LogP contribution in [0.3, 0.4) is 0 Å². The van der Waals surface area contributed by atoms with Crippen LogP contribution in [0, 0.1) is 0 Å². The molecule has 0 aliphatic carbocycles. The van der Waals surface area contributed by atoms with Crippen molar-refractivity contribution in [2.75, 3.05) is 0 Å². The molecule has 0 saturated heterocycles. The molecule has 0 unspecified atom stereocenters. The molecule has 0 saturated carbocycles. The molecule has 5 aromatic heterocycles. The highest BCUT2D eigenvalue weighted by Gasteiger charge is 2.22. The van der Waals surface area contributed by atoms with Crippen molar-refractivity contribution in [1.82, 2.24) is 19.5 Å². The summed E-state index contributed by atoms with van der Waals surface area (Å²) in [6, 6.07) is 84.5. The zero-order chi connectivity index (χ0) is 49.8. The minimum absolute atomic E-state index is 0.539. The van der Waals surface area contributed by atoms with E-state index in [1.807, 2.05) is 72.8 Å². The Labute approximate surface area is 434 Å². The summed E-state index contributed by atoms with van der Waals surface area (Å²) in [7, 11) is 0. The van der Waals surface area contributed by atoms with Gasteiger partial charge in [-0.3, -0.25) is 0 Å². The van der Waals surface area contributed by atoms with E-state index < -0.39 is 0 Å². The summed E-state index contributed by atoms with van der Waals surface area (Å²) in [6.07, 6.45) is 0. The normalized spacial score (nSPS) is 11.9. The Morgan fingerprint density at radius 3 is 1.62 bits per heavy atom. The summed E-state index contributed by atoms with van der Waals surface area (Å²) in [4.78, 5) is 15.7. The number of aromatic nitrogens is 4. The monoisotopic (exact) mass is 972 g/mol. The SMILES string of the molecule is c1ccc(-c2nc(-c3cc(-c4ccccc4)c4c(c3)oc3ccccc34)nc(-c3cccc4oc5ccc(-c6ccc7c(c6)c6ccccc6n7-c6ccc(-c7cccc8c7oc7ccccc78)cc6)cc5c34)n2)cc1. The van der Waals surface area contributed by atoms with Crippen LogP contribution in [-0.2, 0) is 0 Å². The van der Waals surface area contributed by atoms with Gasteiger partial charge in [-0.2, -0.15) is 0 Å². The number of para-hydroxylation sites is 4. The Hall–Kier alpha value is -10.4. The summed E-state index contributed by atoms with van der Waals surface area (Å²) < 4.78 is 22.0. The fraction of sp³-hybridized carbons (Fsp3) is 0. The Balaban J connectivity index is 0.821. The van der Waals surface area contributed by atoms with E-state index in [2.05, 4.69) is 174 Å². The van der Waals surface area contributed by atoms with E-state index in [4.69, 9.17) is 28.2 Å². The van der Waals surface area contributed by atoms with Crippen molar-refractivity contribution in [2.45, 2.75) is 0 Å². The summed E-state index contributed by atoms with van der Waals surface area (Å²) in [6.45, 7) is 0. The number of furan rings is 3. The summed E-state index contributed by atoms with van der Waals surface area (Å²) >= 11 is 0. The molecule has 0 fully saturated rings. The molecule has 0 amide bonds. The van der Waals surface area contributed by atoms with E-state index in [1.165, 1.54) is 10.8 Å². The predicted molar refractivity (Wildman–Crippen MR) is 309 cm³/mol. The van der Waals surface area contributed by atoms with E-state index in [-0.39, 0.29) is 0 Å². The first-order chi connectivity index (χ1) is 37.6. The number of hydrogen-bond donors (Lipinski definition) is 0. The third kappa shape index (κ3) is 6.59. The molecule has 7 heteroatoms. The molecule has 0 N–H and O–H groups in total. The first-order valence-electron chi connectivity index (χ1n) is 25.5. The lowest BCUT2D eigenvalue weighted by molar-refractivity contribution is 0.668. The van der Waals surface area contributed by atoms with Crippen molar-refractivity contribution in [1.29, 1.82) is 0 Å². The zero-order valence-electron chi connectivity index (χ0n) is 40.6. The van der Waals surface area contributed by atoms with Crippen LogP contribution in [0.2, 0.25) is 0 Å². The Bertz CT molecular complexity index is 4990. The summed E-state index contributed by atoms with van der Waals surface area (Å²) in [5.74, 6) is 1.65. The molecule has 5 heterocycles. The number of nitrogens with zero attached hydrogens (tertiary/aromatic N) is 4. The fourth-order valence-electron chi connectivity index (χ4n) is 11.6. The van der Waals surface area contributed by atoms with E-state index in [9.17, 15) is 0 Å². The second kappa shape index (κ2) is 16.6. The van der Waals surface area contributed by atoms with Gasteiger partial charge in [-0.05, 0) is 101 Å². The van der Waals surface area contributed by atoms with Gasteiger partial charge in [-0.25, -0.2) is 15.0 Å². The maximum absolute atomic E-state index is 6.64. The van der Waals surface area contributed by atoms with E-state index >= 15 is 0 Å². The molecule has 0 radical (unpaired) electrons. The zero-order valence-corrected chi connectivity index (χ0v) is 40.6. The summed E-state index contributed by atoms with van der Waals surface area (Å²) in [5, 5.41) is 8.63. The van der Waals surface area contributed by atoms with Gasteiger partial charge < -0.3 is 17.8 Å². The van der Waals surface area contributed by atoms with Gasteiger partial charge in [0.15, 0.2) is 17.5 Å². The molecule has 0 aliphatic rings. The van der Waals surface area contributed by atoms with Crippen molar-refractivity contribution in [3.05, 3.63) is 243 Å². The molecule has 0 bridgehead atoms. The lowest BCUT2D eigenvalue weighted by atomic mass is 9.96. The number of fused-ring (bicyclic) bond motifs is 12. The van der Waals surface area contributed by atoms with Gasteiger partial charge in [-0.1, -0.05) is 170 Å². The van der Waals surface area contributed by atoms with Gasteiger partial charge in [0.1, 0.15) is 33.5 Å². The van der Waals surface area contributed by atoms with Crippen LogP contribution in [0.25, 0.3) is 161 Å². The number of rotatable bonds is 7. The molecule has 76 heavy (non-hydrogen) atoms. The van der Waals surface area contributed by atoms with Crippen molar-refractivity contribution < 1.29 is 13.3 Å². The highest BCUT2D eigenvalue weighted by atomic mass is 16.3. The molecule has 0 atom stereocenters. The Kier molecular flexibility index (Phi) is 9.20. The number of benzene rings is 11. The minimum Gasteiger partial charge on any atom is -0.456 e. The molecule has 0 spiro atoms. The second-order valence-electron chi connectivity index (χ2n) is 19.4. The average Bonchev–Trinajstić information content (AvgIpc) is 4.32. The third-order valence-electron chi connectivity index (χ3n) is 15.1. The highest BCUT2D eigenvalue weighted by Crippen LogP contribution is 2.43. The van der Waals surface area contributed by atoms with Crippen LogP contribution >= 0.6 is 0 Å². The van der Waals surface area contributed by atoms with Crippen LogP contribution in [0.15, 0.2) is 256 Å². The minimum atomic E-state index is 0.539. The van der Waals surface area contributed by atoms with Gasteiger partial charge in [0.2, 0.25) is 0 Å². The first-order valence-corrected chi connectivity index (χ1v) is 25.5.